The standard InChI is InChI=1S/C15H24N4O9/c1-6(21)18-12-7(19-11(24)4-17-10(23)3-16)2-9(15(26)27)28-14(12)13(25)8(22)5-20/h2,7-8,12-14,20,22,25H,3-5,16H2,1H3,(H,17,23)(H,18,21)(H,19,24)(H,26,27)/t7-,8+,12+,13+,14+/m0/s1. The molecule has 0 fully saturated rings. The van der Waals surface area contributed by atoms with Gasteiger partial charge in [-0.25, -0.2) is 4.79 Å². The van der Waals surface area contributed by atoms with E-state index in [9.17, 15) is 34.5 Å². The number of nitrogens with one attached hydrogen (secondary N) is 3. The number of amides is 3. The Kier molecular flexibility index (Phi) is 8.78. The molecule has 0 aliphatic carbocycles. The first-order valence-electron chi connectivity index (χ1n) is 8.22. The maximum Gasteiger partial charge on any atom is 0.370 e. The van der Waals surface area contributed by atoms with Gasteiger partial charge in [0.25, 0.3) is 0 Å². The number of carbonyl (C=O) groups excluding carboxylic acids is 3. The molecule has 0 saturated heterocycles. The summed E-state index contributed by atoms with van der Waals surface area (Å²) in [6.07, 6.45) is -4.00. The molecule has 0 aromatic carbocycles. The third-order valence-electron chi connectivity index (χ3n) is 3.79. The number of rotatable bonds is 9. The van der Waals surface area contributed by atoms with Crippen LogP contribution in [-0.2, 0) is 23.9 Å². The Balaban J connectivity index is 3.12. The second-order valence-corrected chi connectivity index (χ2v) is 5.96. The van der Waals surface area contributed by atoms with Crippen molar-refractivity contribution >= 4 is 23.7 Å². The average molecular weight is 404 g/mol. The molecule has 3 amide bonds. The minimum Gasteiger partial charge on any atom is -0.478 e. The van der Waals surface area contributed by atoms with Gasteiger partial charge in [0.15, 0.2) is 0 Å². The maximum absolute atomic E-state index is 12.1. The van der Waals surface area contributed by atoms with Gasteiger partial charge in [-0.2, -0.15) is 0 Å². The van der Waals surface area contributed by atoms with Crippen molar-refractivity contribution in [3.05, 3.63) is 11.8 Å². The van der Waals surface area contributed by atoms with Crippen LogP contribution in [0.25, 0.3) is 0 Å². The molecule has 28 heavy (non-hydrogen) atoms. The van der Waals surface area contributed by atoms with E-state index in [-0.39, 0.29) is 6.54 Å². The van der Waals surface area contributed by atoms with Crippen LogP contribution in [0.5, 0.6) is 0 Å². The molecule has 1 heterocycles. The Labute approximate surface area is 159 Å². The fourth-order valence-corrected chi connectivity index (χ4v) is 2.49. The van der Waals surface area contributed by atoms with Crippen LogP contribution < -0.4 is 21.7 Å². The van der Waals surface area contributed by atoms with E-state index in [2.05, 4.69) is 16.0 Å². The highest BCUT2D eigenvalue weighted by molar-refractivity contribution is 5.87. The Hall–Kier alpha value is -2.74. The number of carboxylic acids is 1. The maximum atomic E-state index is 12.1. The molecular weight excluding hydrogens is 380 g/mol. The molecule has 1 aliphatic rings. The summed E-state index contributed by atoms with van der Waals surface area (Å²) in [5.41, 5.74) is 5.11. The second kappa shape index (κ2) is 10.6. The quantitative estimate of drug-likeness (QED) is 0.183. The first kappa shape index (κ1) is 23.3. The molecule has 1 aliphatic heterocycles. The molecule has 9 N–H and O–H groups in total. The first-order valence-corrected chi connectivity index (χ1v) is 8.22. The molecule has 13 nitrogen and oxygen atoms in total. The summed E-state index contributed by atoms with van der Waals surface area (Å²) in [5.74, 6) is -4.09. The Morgan fingerprint density at radius 1 is 1.21 bits per heavy atom. The Morgan fingerprint density at radius 3 is 2.36 bits per heavy atom. The van der Waals surface area contributed by atoms with Gasteiger partial charge in [0, 0.05) is 6.92 Å². The van der Waals surface area contributed by atoms with Crippen molar-refractivity contribution in [3.63, 3.8) is 0 Å². The first-order chi connectivity index (χ1) is 13.1. The molecule has 13 heteroatoms. The van der Waals surface area contributed by atoms with Gasteiger partial charge in [0.1, 0.15) is 18.3 Å². The van der Waals surface area contributed by atoms with E-state index in [1.54, 1.807) is 0 Å². The molecule has 0 radical (unpaired) electrons. The second-order valence-electron chi connectivity index (χ2n) is 5.96. The minimum absolute atomic E-state index is 0.338. The molecular formula is C15H24N4O9. The van der Waals surface area contributed by atoms with Gasteiger partial charge in [-0.05, 0) is 6.08 Å². The van der Waals surface area contributed by atoms with Crippen LogP contribution in [0.3, 0.4) is 0 Å². The largest absolute Gasteiger partial charge is 0.478 e. The van der Waals surface area contributed by atoms with Crippen molar-refractivity contribution in [1.29, 1.82) is 0 Å². The van der Waals surface area contributed by atoms with E-state index >= 15 is 0 Å². The van der Waals surface area contributed by atoms with Gasteiger partial charge in [-0.15, -0.1) is 0 Å². The van der Waals surface area contributed by atoms with Gasteiger partial charge >= 0.3 is 5.97 Å². The zero-order chi connectivity index (χ0) is 21.4. The van der Waals surface area contributed by atoms with Crippen LogP contribution in [0.1, 0.15) is 6.92 Å². The summed E-state index contributed by atoms with van der Waals surface area (Å²) in [6.45, 7) is -0.525. The van der Waals surface area contributed by atoms with E-state index in [4.69, 9.17) is 15.6 Å². The normalized spacial score (nSPS) is 23.5. The zero-order valence-electron chi connectivity index (χ0n) is 15.0. The number of hydrogen-bond donors (Lipinski definition) is 8. The lowest BCUT2D eigenvalue weighted by Crippen LogP contribution is -2.64. The fraction of sp³-hybridized carbons (Fsp3) is 0.600. The SMILES string of the molecule is CC(=O)N[C@H]1[C@H]([C@H](O)[C@H](O)CO)OC(C(=O)O)=C[C@@H]1NC(=O)CNC(=O)CN. The van der Waals surface area contributed by atoms with E-state index in [1.807, 2.05) is 0 Å². The van der Waals surface area contributed by atoms with Gasteiger partial charge in [0.2, 0.25) is 23.5 Å². The average Bonchev–Trinajstić information content (AvgIpc) is 2.65. The molecule has 1 rings (SSSR count). The number of aliphatic carboxylic acids is 1. The van der Waals surface area contributed by atoms with Gasteiger partial charge in [-0.3, -0.25) is 14.4 Å². The van der Waals surface area contributed by atoms with Gasteiger partial charge in [-0.1, -0.05) is 0 Å². The third kappa shape index (κ3) is 6.45. The smallest absolute Gasteiger partial charge is 0.370 e. The number of nitrogens with two attached hydrogens (primary N) is 1. The monoisotopic (exact) mass is 404 g/mol. The predicted octanol–water partition coefficient (Wildman–Crippen LogP) is -4.87. The summed E-state index contributed by atoms with van der Waals surface area (Å²) < 4.78 is 5.16. The lowest BCUT2D eigenvalue weighted by atomic mass is 9.92. The number of aliphatic hydroxyl groups is 3. The summed E-state index contributed by atoms with van der Waals surface area (Å²) in [6, 6.07) is -2.36. The Bertz CT molecular complexity index is 639. The van der Waals surface area contributed by atoms with Crippen molar-refractivity contribution < 1.29 is 44.3 Å². The number of aliphatic hydroxyl groups excluding tert-OH is 3. The molecule has 0 bridgehead atoms. The highest BCUT2D eigenvalue weighted by Crippen LogP contribution is 2.23. The lowest BCUT2D eigenvalue weighted by molar-refractivity contribution is -0.147. The number of ether oxygens (including phenoxy) is 1. The van der Waals surface area contributed by atoms with Crippen LogP contribution in [0.2, 0.25) is 0 Å². The molecule has 0 saturated carbocycles. The summed E-state index contributed by atoms with van der Waals surface area (Å²) in [5, 5.41) is 45.1. The van der Waals surface area contributed by atoms with Crippen molar-refractivity contribution in [1.82, 2.24) is 16.0 Å². The van der Waals surface area contributed by atoms with Crippen LogP contribution >= 0.6 is 0 Å². The fourth-order valence-electron chi connectivity index (χ4n) is 2.49. The Morgan fingerprint density at radius 2 is 1.86 bits per heavy atom. The molecule has 5 atom stereocenters. The summed E-state index contributed by atoms with van der Waals surface area (Å²) in [4.78, 5) is 46.1. The predicted molar refractivity (Wildman–Crippen MR) is 91.3 cm³/mol. The third-order valence-corrected chi connectivity index (χ3v) is 3.79. The van der Waals surface area contributed by atoms with Gasteiger partial charge in [0.05, 0.1) is 31.8 Å². The van der Waals surface area contributed by atoms with Crippen LogP contribution in [0.15, 0.2) is 11.8 Å². The highest BCUT2D eigenvalue weighted by atomic mass is 16.5. The van der Waals surface area contributed by atoms with E-state index in [1.165, 1.54) is 0 Å². The van der Waals surface area contributed by atoms with Crippen molar-refractivity contribution in [2.75, 3.05) is 19.7 Å². The summed E-state index contributed by atoms with van der Waals surface area (Å²) in [7, 11) is 0. The summed E-state index contributed by atoms with van der Waals surface area (Å²) >= 11 is 0. The van der Waals surface area contributed by atoms with Crippen LogP contribution in [0.4, 0.5) is 0 Å². The van der Waals surface area contributed by atoms with Crippen molar-refractivity contribution in [2.24, 2.45) is 5.73 Å². The number of hydrogen-bond acceptors (Lipinski definition) is 9. The zero-order valence-corrected chi connectivity index (χ0v) is 15.0. The topological polar surface area (TPSA) is 221 Å². The molecule has 158 valence electrons. The van der Waals surface area contributed by atoms with Crippen molar-refractivity contribution in [2.45, 2.75) is 37.3 Å². The number of carboxylic acid groups (broad SMARTS) is 1. The molecule has 0 aromatic heterocycles. The lowest BCUT2D eigenvalue weighted by Gasteiger charge is -2.40. The highest BCUT2D eigenvalue weighted by Gasteiger charge is 2.44. The number of carbonyl (C=O) groups is 4. The minimum atomic E-state index is -1.79. The molecule has 0 aromatic rings. The van der Waals surface area contributed by atoms with E-state index < -0.39 is 73.0 Å². The van der Waals surface area contributed by atoms with Crippen LogP contribution in [0, 0.1) is 0 Å². The van der Waals surface area contributed by atoms with E-state index in [0.717, 1.165) is 13.0 Å². The molecule has 0 spiro atoms. The van der Waals surface area contributed by atoms with E-state index in [0.29, 0.717) is 0 Å². The van der Waals surface area contributed by atoms with Gasteiger partial charge < -0.3 is 46.8 Å². The molecule has 0 unspecified atom stereocenters. The van der Waals surface area contributed by atoms with Crippen molar-refractivity contribution in [3.8, 4) is 0 Å². The van der Waals surface area contributed by atoms with Crippen LogP contribution in [-0.4, -0.2) is 94.2 Å².